The van der Waals surface area contributed by atoms with E-state index in [1.165, 1.54) is 18.2 Å². The maximum atomic E-state index is 11.4. The minimum atomic E-state index is -3.75. The highest BCUT2D eigenvalue weighted by Crippen LogP contribution is 2.28. The van der Waals surface area contributed by atoms with Gasteiger partial charge in [-0.3, -0.25) is 4.79 Å². The number of rotatable bonds is 6. The van der Waals surface area contributed by atoms with E-state index in [0.29, 0.717) is 17.9 Å². The predicted octanol–water partition coefficient (Wildman–Crippen LogP) is 0.972. The predicted molar refractivity (Wildman–Crippen MR) is 76.1 cm³/mol. The Bertz CT molecular complexity index is 582. The molecule has 20 heavy (non-hydrogen) atoms. The lowest BCUT2D eigenvalue weighted by atomic mass is 10.0. The van der Waals surface area contributed by atoms with Crippen LogP contribution in [0.15, 0.2) is 23.1 Å². The van der Waals surface area contributed by atoms with Crippen molar-refractivity contribution >= 4 is 15.9 Å². The Morgan fingerprint density at radius 2 is 2.05 bits per heavy atom. The zero-order chi connectivity index (χ0) is 15.3. The van der Waals surface area contributed by atoms with E-state index in [9.17, 15) is 13.2 Å². The molecule has 6 nitrogen and oxygen atoms in total. The SMILES string of the molecule is CCNC(=O)COc1ccc(S(N)(=O)=O)cc1C(C)C. The van der Waals surface area contributed by atoms with Crippen LogP contribution >= 0.6 is 0 Å². The maximum absolute atomic E-state index is 11.4. The smallest absolute Gasteiger partial charge is 0.257 e. The van der Waals surface area contributed by atoms with Crippen molar-refractivity contribution < 1.29 is 17.9 Å². The monoisotopic (exact) mass is 300 g/mol. The van der Waals surface area contributed by atoms with Crippen molar-refractivity contribution in [3.63, 3.8) is 0 Å². The number of amides is 1. The van der Waals surface area contributed by atoms with Gasteiger partial charge in [-0.25, -0.2) is 13.6 Å². The second-order valence-corrected chi connectivity index (χ2v) is 6.20. The normalized spacial score (nSPS) is 11.4. The molecule has 1 amide bonds. The molecule has 1 aromatic rings. The molecule has 1 aromatic carbocycles. The molecule has 3 N–H and O–H groups in total. The summed E-state index contributed by atoms with van der Waals surface area (Å²) in [5.74, 6) is 0.303. The van der Waals surface area contributed by atoms with Crippen molar-refractivity contribution in [1.29, 1.82) is 0 Å². The second-order valence-electron chi connectivity index (χ2n) is 4.64. The van der Waals surface area contributed by atoms with Crippen LogP contribution in [0.5, 0.6) is 5.75 Å². The van der Waals surface area contributed by atoms with Gasteiger partial charge in [0.05, 0.1) is 4.90 Å². The fraction of sp³-hybridized carbons (Fsp3) is 0.462. The molecule has 0 fully saturated rings. The van der Waals surface area contributed by atoms with E-state index in [-0.39, 0.29) is 23.3 Å². The molecule has 0 radical (unpaired) electrons. The van der Waals surface area contributed by atoms with Crippen molar-refractivity contribution in [1.82, 2.24) is 5.32 Å². The zero-order valence-electron chi connectivity index (χ0n) is 11.8. The number of likely N-dealkylation sites (N-methyl/N-ethyl adjacent to an activating group) is 1. The molecule has 0 aromatic heterocycles. The molecule has 0 heterocycles. The van der Waals surface area contributed by atoms with Gasteiger partial charge in [0, 0.05) is 6.54 Å². The molecule has 1 rings (SSSR count). The average Bonchev–Trinajstić information content (AvgIpc) is 2.35. The Balaban J connectivity index is 3.00. The largest absolute Gasteiger partial charge is 0.483 e. The summed E-state index contributed by atoms with van der Waals surface area (Å²) < 4.78 is 28.1. The van der Waals surface area contributed by atoms with Gasteiger partial charge < -0.3 is 10.1 Å². The standard InChI is InChI=1S/C13H20N2O4S/c1-4-15-13(16)8-19-12-6-5-10(20(14,17)18)7-11(12)9(2)3/h5-7,9H,4,8H2,1-3H3,(H,15,16)(H2,14,17,18). The summed E-state index contributed by atoms with van der Waals surface area (Å²) >= 11 is 0. The van der Waals surface area contributed by atoms with Crippen LogP contribution in [-0.4, -0.2) is 27.5 Å². The van der Waals surface area contributed by atoms with Crippen LogP contribution in [0.4, 0.5) is 0 Å². The van der Waals surface area contributed by atoms with Gasteiger partial charge in [-0.1, -0.05) is 13.8 Å². The summed E-state index contributed by atoms with van der Waals surface area (Å²) in [6.07, 6.45) is 0. The summed E-state index contributed by atoms with van der Waals surface area (Å²) in [7, 11) is -3.75. The number of nitrogens with two attached hydrogens (primary N) is 1. The number of ether oxygens (including phenoxy) is 1. The van der Waals surface area contributed by atoms with E-state index in [0.717, 1.165) is 0 Å². The van der Waals surface area contributed by atoms with Crippen LogP contribution in [0.25, 0.3) is 0 Å². The minimum absolute atomic E-state index is 0.0339. The third kappa shape index (κ3) is 4.50. The van der Waals surface area contributed by atoms with Gasteiger partial charge in [-0.2, -0.15) is 0 Å². The van der Waals surface area contributed by atoms with Gasteiger partial charge in [-0.15, -0.1) is 0 Å². The van der Waals surface area contributed by atoms with Crippen LogP contribution in [0.2, 0.25) is 0 Å². The lowest BCUT2D eigenvalue weighted by Crippen LogP contribution is -2.28. The Morgan fingerprint density at radius 3 is 2.55 bits per heavy atom. The molecule has 7 heteroatoms. The van der Waals surface area contributed by atoms with Gasteiger partial charge in [0.2, 0.25) is 10.0 Å². The summed E-state index contributed by atoms with van der Waals surface area (Å²) in [6, 6.07) is 4.37. The molecular formula is C13H20N2O4S. The number of primary sulfonamides is 1. The number of hydrogen-bond acceptors (Lipinski definition) is 4. The highest BCUT2D eigenvalue weighted by molar-refractivity contribution is 7.89. The molecule has 0 aliphatic rings. The van der Waals surface area contributed by atoms with Crippen molar-refractivity contribution in [2.24, 2.45) is 5.14 Å². The summed E-state index contributed by atoms with van der Waals surface area (Å²) in [5, 5.41) is 7.73. The quantitative estimate of drug-likeness (QED) is 0.818. The highest BCUT2D eigenvalue weighted by Gasteiger charge is 2.15. The first kappa shape index (κ1) is 16.5. The fourth-order valence-electron chi connectivity index (χ4n) is 1.68. The first-order valence-corrected chi connectivity index (χ1v) is 7.86. The maximum Gasteiger partial charge on any atom is 0.257 e. The molecule has 112 valence electrons. The number of sulfonamides is 1. The van der Waals surface area contributed by atoms with Gasteiger partial charge >= 0.3 is 0 Å². The number of hydrogen-bond donors (Lipinski definition) is 2. The summed E-state index contributed by atoms with van der Waals surface area (Å²) in [6.45, 7) is 6.05. The average molecular weight is 300 g/mol. The van der Waals surface area contributed by atoms with Crippen LogP contribution < -0.4 is 15.2 Å². The fourth-order valence-corrected chi connectivity index (χ4v) is 2.23. The summed E-state index contributed by atoms with van der Waals surface area (Å²) in [4.78, 5) is 11.4. The van der Waals surface area contributed by atoms with E-state index in [1.54, 1.807) is 0 Å². The third-order valence-corrected chi connectivity index (χ3v) is 3.58. The van der Waals surface area contributed by atoms with Crippen LogP contribution in [0, 0.1) is 0 Å². The van der Waals surface area contributed by atoms with Gasteiger partial charge in [0.15, 0.2) is 6.61 Å². The summed E-state index contributed by atoms with van der Waals surface area (Å²) in [5.41, 5.74) is 0.695. The molecule has 0 bridgehead atoms. The van der Waals surface area contributed by atoms with E-state index >= 15 is 0 Å². The van der Waals surface area contributed by atoms with Crippen LogP contribution in [0.1, 0.15) is 32.3 Å². The minimum Gasteiger partial charge on any atom is -0.483 e. The van der Waals surface area contributed by atoms with Crippen molar-refractivity contribution in [2.75, 3.05) is 13.2 Å². The first-order valence-electron chi connectivity index (χ1n) is 6.32. The Hall–Kier alpha value is -1.60. The van der Waals surface area contributed by atoms with Crippen molar-refractivity contribution in [3.05, 3.63) is 23.8 Å². The van der Waals surface area contributed by atoms with Crippen molar-refractivity contribution in [2.45, 2.75) is 31.6 Å². The molecule has 0 saturated heterocycles. The molecule has 0 unspecified atom stereocenters. The van der Waals surface area contributed by atoms with Crippen LogP contribution in [-0.2, 0) is 14.8 Å². The number of nitrogens with one attached hydrogen (secondary N) is 1. The number of carbonyl (C=O) groups is 1. The topological polar surface area (TPSA) is 98.5 Å². The zero-order valence-corrected chi connectivity index (χ0v) is 12.7. The lowest BCUT2D eigenvalue weighted by Gasteiger charge is -2.15. The lowest BCUT2D eigenvalue weighted by molar-refractivity contribution is -0.123. The number of carbonyl (C=O) groups excluding carboxylic acids is 1. The van der Waals surface area contributed by atoms with Gasteiger partial charge in [-0.05, 0) is 36.6 Å². The molecule has 0 atom stereocenters. The molecule has 0 aliphatic heterocycles. The second kappa shape index (κ2) is 6.71. The van der Waals surface area contributed by atoms with Gasteiger partial charge in [0.25, 0.3) is 5.91 Å². The van der Waals surface area contributed by atoms with E-state index < -0.39 is 10.0 Å². The Labute approximate surface area is 119 Å². The molecule has 0 aliphatic carbocycles. The first-order chi connectivity index (χ1) is 9.25. The van der Waals surface area contributed by atoms with Crippen molar-refractivity contribution in [3.8, 4) is 5.75 Å². The van der Waals surface area contributed by atoms with E-state index in [4.69, 9.17) is 9.88 Å². The van der Waals surface area contributed by atoms with Crippen LogP contribution in [0.3, 0.4) is 0 Å². The molecular weight excluding hydrogens is 280 g/mol. The highest BCUT2D eigenvalue weighted by atomic mass is 32.2. The van der Waals surface area contributed by atoms with E-state index in [1.807, 2.05) is 20.8 Å². The molecule has 0 saturated carbocycles. The Morgan fingerprint density at radius 1 is 1.40 bits per heavy atom. The molecule has 0 spiro atoms. The number of benzene rings is 1. The van der Waals surface area contributed by atoms with E-state index in [2.05, 4.69) is 5.32 Å². The van der Waals surface area contributed by atoms with Gasteiger partial charge in [0.1, 0.15) is 5.75 Å². The Kier molecular flexibility index (Phi) is 5.52. The third-order valence-electron chi connectivity index (χ3n) is 2.66.